The number of methoxy groups -OCH3 is 1. The van der Waals surface area contributed by atoms with Gasteiger partial charge in [-0.15, -0.1) is 0 Å². The lowest BCUT2D eigenvalue weighted by atomic mass is 9.84. The molecule has 88 valence electrons. The van der Waals surface area contributed by atoms with Gasteiger partial charge in [0.15, 0.2) is 0 Å². The summed E-state index contributed by atoms with van der Waals surface area (Å²) in [5.41, 5.74) is -0.0512. The minimum Gasteiger partial charge on any atom is -0.468 e. The summed E-state index contributed by atoms with van der Waals surface area (Å²) in [6.07, 6.45) is 3.68. The van der Waals surface area contributed by atoms with Crippen molar-refractivity contribution in [2.45, 2.75) is 46.1 Å². The Morgan fingerprint density at radius 3 is 2.13 bits per heavy atom. The Morgan fingerprint density at radius 1 is 1.20 bits per heavy atom. The first-order valence-electron chi connectivity index (χ1n) is 5.78. The van der Waals surface area contributed by atoms with E-state index in [1.807, 2.05) is 0 Å². The molecule has 1 aliphatic rings. The first-order valence-corrected chi connectivity index (χ1v) is 5.78. The fourth-order valence-corrected chi connectivity index (χ4v) is 2.34. The van der Waals surface area contributed by atoms with Crippen LogP contribution < -0.4 is 0 Å². The van der Waals surface area contributed by atoms with E-state index in [0.29, 0.717) is 0 Å². The van der Waals surface area contributed by atoms with Crippen LogP contribution >= 0.6 is 0 Å². The van der Waals surface area contributed by atoms with Gasteiger partial charge < -0.3 is 4.74 Å². The van der Waals surface area contributed by atoms with Crippen LogP contribution in [0.25, 0.3) is 0 Å². The van der Waals surface area contributed by atoms with Crippen molar-refractivity contribution in [3.8, 4) is 0 Å². The summed E-state index contributed by atoms with van der Waals surface area (Å²) in [4.78, 5) is 14.1. The average Bonchev–Trinajstić information content (AvgIpc) is 2.17. The number of likely N-dealkylation sites (tertiary alicyclic amines) is 1. The highest BCUT2D eigenvalue weighted by atomic mass is 16.5. The van der Waals surface area contributed by atoms with Crippen LogP contribution in [0.2, 0.25) is 0 Å². The summed E-state index contributed by atoms with van der Waals surface area (Å²) in [5.74, 6) is -0.0931. The van der Waals surface area contributed by atoms with E-state index in [1.54, 1.807) is 0 Å². The second-order valence-corrected chi connectivity index (χ2v) is 5.39. The molecule has 3 nitrogen and oxygen atoms in total. The second-order valence-electron chi connectivity index (χ2n) is 5.39. The van der Waals surface area contributed by atoms with Crippen molar-refractivity contribution in [2.24, 2.45) is 5.41 Å². The van der Waals surface area contributed by atoms with Gasteiger partial charge in [0.25, 0.3) is 0 Å². The summed E-state index contributed by atoms with van der Waals surface area (Å²) < 4.78 is 4.91. The van der Waals surface area contributed by atoms with E-state index in [4.69, 9.17) is 4.74 Å². The van der Waals surface area contributed by atoms with Crippen LogP contribution in [-0.4, -0.2) is 37.1 Å². The van der Waals surface area contributed by atoms with Crippen molar-refractivity contribution in [1.82, 2.24) is 4.90 Å². The molecule has 1 unspecified atom stereocenters. The zero-order chi connectivity index (χ0) is 11.5. The molecule has 0 amide bonds. The van der Waals surface area contributed by atoms with Gasteiger partial charge in [0.1, 0.15) is 6.04 Å². The Kier molecular flexibility index (Phi) is 4.14. The van der Waals surface area contributed by atoms with Gasteiger partial charge in [-0.2, -0.15) is 0 Å². The Bertz CT molecular complexity index is 214. The zero-order valence-corrected chi connectivity index (χ0v) is 10.4. The Balaban J connectivity index is 2.75. The quantitative estimate of drug-likeness (QED) is 0.658. The first-order chi connectivity index (χ1) is 6.96. The van der Waals surface area contributed by atoms with E-state index in [9.17, 15) is 4.79 Å². The zero-order valence-electron chi connectivity index (χ0n) is 10.4. The monoisotopic (exact) mass is 213 g/mol. The molecule has 0 radical (unpaired) electrons. The predicted molar refractivity (Wildman–Crippen MR) is 60.7 cm³/mol. The van der Waals surface area contributed by atoms with E-state index >= 15 is 0 Å². The van der Waals surface area contributed by atoms with Gasteiger partial charge in [-0.3, -0.25) is 9.69 Å². The number of carbonyl (C=O) groups excluding carboxylic acids is 1. The third kappa shape index (κ3) is 3.20. The van der Waals surface area contributed by atoms with Crippen molar-refractivity contribution in [3.05, 3.63) is 0 Å². The molecule has 0 saturated carbocycles. The number of hydrogen-bond donors (Lipinski definition) is 0. The maximum absolute atomic E-state index is 11.8. The standard InChI is InChI=1S/C12H23NO2/c1-12(2,3)10(11(14)15-4)13-8-6-5-7-9-13/h10H,5-9H2,1-4H3. The summed E-state index contributed by atoms with van der Waals surface area (Å²) >= 11 is 0. The topological polar surface area (TPSA) is 29.5 Å². The normalized spacial score (nSPS) is 21.1. The van der Waals surface area contributed by atoms with E-state index < -0.39 is 0 Å². The van der Waals surface area contributed by atoms with Crippen LogP contribution in [0.5, 0.6) is 0 Å². The largest absolute Gasteiger partial charge is 0.468 e. The van der Waals surface area contributed by atoms with Gasteiger partial charge in [0.05, 0.1) is 7.11 Å². The predicted octanol–water partition coefficient (Wildman–Crippen LogP) is 2.06. The summed E-state index contributed by atoms with van der Waals surface area (Å²) in [6.45, 7) is 8.35. The highest BCUT2D eigenvalue weighted by Gasteiger charge is 2.37. The molecule has 1 heterocycles. The molecule has 0 spiro atoms. The number of nitrogens with zero attached hydrogens (tertiary/aromatic N) is 1. The molecule has 1 fully saturated rings. The summed E-state index contributed by atoms with van der Waals surface area (Å²) in [6, 6.07) is -0.0946. The molecular formula is C12H23NO2. The van der Waals surface area contributed by atoms with Crippen LogP contribution in [0.3, 0.4) is 0 Å². The number of piperidine rings is 1. The summed E-state index contributed by atoms with van der Waals surface area (Å²) in [5, 5.41) is 0. The molecule has 0 aromatic heterocycles. The van der Waals surface area contributed by atoms with E-state index in [1.165, 1.54) is 26.4 Å². The highest BCUT2D eigenvalue weighted by Crippen LogP contribution is 2.27. The minimum atomic E-state index is -0.0946. The number of carbonyl (C=O) groups is 1. The first kappa shape index (κ1) is 12.5. The van der Waals surface area contributed by atoms with Gasteiger partial charge in [-0.1, -0.05) is 27.2 Å². The van der Waals surface area contributed by atoms with Crippen molar-refractivity contribution in [1.29, 1.82) is 0 Å². The molecule has 0 bridgehead atoms. The van der Waals surface area contributed by atoms with E-state index in [0.717, 1.165) is 13.1 Å². The smallest absolute Gasteiger partial charge is 0.323 e. The minimum absolute atomic E-state index is 0.0512. The SMILES string of the molecule is COC(=O)C(N1CCCCC1)C(C)(C)C. The number of rotatable bonds is 2. The van der Waals surface area contributed by atoms with Gasteiger partial charge >= 0.3 is 5.97 Å². The van der Waals surface area contributed by atoms with Crippen LogP contribution in [0.1, 0.15) is 40.0 Å². The van der Waals surface area contributed by atoms with E-state index in [2.05, 4.69) is 25.7 Å². The van der Waals surface area contributed by atoms with Crippen molar-refractivity contribution < 1.29 is 9.53 Å². The summed E-state index contributed by atoms with van der Waals surface area (Å²) in [7, 11) is 1.48. The molecule has 0 aromatic rings. The molecule has 1 atom stereocenters. The average molecular weight is 213 g/mol. The highest BCUT2D eigenvalue weighted by molar-refractivity contribution is 5.76. The van der Waals surface area contributed by atoms with Gasteiger partial charge in [-0.25, -0.2) is 0 Å². The molecule has 1 aliphatic heterocycles. The lowest BCUT2D eigenvalue weighted by Crippen LogP contribution is -2.51. The van der Waals surface area contributed by atoms with Gasteiger partial charge in [0, 0.05) is 0 Å². The molecular weight excluding hydrogens is 190 g/mol. The number of hydrogen-bond acceptors (Lipinski definition) is 3. The fourth-order valence-electron chi connectivity index (χ4n) is 2.34. The van der Waals surface area contributed by atoms with Crippen LogP contribution in [-0.2, 0) is 9.53 Å². The lowest BCUT2D eigenvalue weighted by molar-refractivity contribution is -0.152. The fraction of sp³-hybridized carbons (Fsp3) is 0.917. The van der Waals surface area contributed by atoms with Gasteiger partial charge in [0.2, 0.25) is 0 Å². The Morgan fingerprint density at radius 2 is 1.73 bits per heavy atom. The molecule has 1 rings (SSSR count). The lowest BCUT2D eigenvalue weighted by Gasteiger charge is -2.39. The van der Waals surface area contributed by atoms with Crippen LogP contribution in [0.15, 0.2) is 0 Å². The number of ether oxygens (including phenoxy) is 1. The second kappa shape index (κ2) is 4.97. The van der Waals surface area contributed by atoms with Crippen LogP contribution in [0, 0.1) is 5.41 Å². The van der Waals surface area contributed by atoms with Crippen molar-refractivity contribution >= 4 is 5.97 Å². The Labute approximate surface area is 92.8 Å². The van der Waals surface area contributed by atoms with Crippen molar-refractivity contribution in [2.75, 3.05) is 20.2 Å². The maximum atomic E-state index is 11.8. The molecule has 0 N–H and O–H groups in total. The number of esters is 1. The van der Waals surface area contributed by atoms with Crippen molar-refractivity contribution in [3.63, 3.8) is 0 Å². The van der Waals surface area contributed by atoms with Gasteiger partial charge in [-0.05, 0) is 31.3 Å². The molecule has 0 aliphatic carbocycles. The molecule has 15 heavy (non-hydrogen) atoms. The maximum Gasteiger partial charge on any atom is 0.323 e. The van der Waals surface area contributed by atoms with Crippen LogP contribution in [0.4, 0.5) is 0 Å². The third-order valence-corrected chi connectivity index (χ3v) is 3.00. The molecule has 0 aromatic carbocycles. The Hall–Kier alpha value is -0.570. The van der Waals surface area contributed by atoms with E-state index in [-0.39, 0.29) is 17.4 Å². The molecule has 1 saturated heterocycles. The third-order valence-electron chi connectivity index (χ3n) is 3.00. The molecule has 3 heteroatoms.